The fraction of sp³-hybridized carbons (Fsp3) is 0.286. The summed E-state index contributed by atoms with van der Waals surface area (Å²) in [4.78, 5) is 43.9. The number of aromatic amines is 1. The van der Waals surface area contributed by atoms with Crippen LogP contribution in [0.25, 0.3) is 10.9 Å². The highest BCUT2D eigenvalue weighted by molar-refractivity contribution is 6.37. The van der Waals surface area contributed by atoms with Crippen molar-refractivity contribution in [3.05, 3.63) is 53.1 Å². The molecule has 0 bridgehead atoms. The number of H-pyrrole nitrogens is 1. The van der Waals surface area contributed by atoms with E-state index in [1.807, 2.05) is 4.90 Å². The molecule has 1 fully saturated rings. The largest absolute Gasteiger partial charge is 0.464 e. The van der Waals surface area contributed by atoms with Crippen molar-refractivity contribution in [2.75, 3.05) is 45.2 Å². The summed E-state index contributed by atoms with van der Waals surface area (Å²) in [6, 6.07) is 8.50. The average molecular weight is 445 g/mol. The Morgan fingerprint density at radius 2 is 1.94 bits per heavy atom. The van der Waals surface area contributed by atoms with Crippen LogP contribution in [-0.2, 0) is 9.53 Å². The summed E-state index contributed by atoms with van der Waals surface area (Å²) in [5.41, 5.74) is 1.05. The fourth-order valence-electron chi connectivity index (χ4n) is 3.63. The van der Waals surface area contributed by atoms with Crippen LogP contribution in [0.5, 0.6) is 0 Å². The number of hydrogen-bond acceptors (Lipinski definition) is 6. The normalized spacial score (nSPS) is 14.6. The second-order valence-electron chi connectivity index (χ2n) is 7.12. The van der Waals surface area contributed by atoms with E-state index in [0.29, 0.717) is 53.6 Å². The first-order chi connectivity index (χ1) is 15.0. The number of ether oxygens (including phenoxy) is 1. The first kappa shape index (κ1) is 21.0. The minimum absolute atomic E-state index is 0.112. The number of benzene rings is 1. The fourth-order valence-corrected chi connectivity index (χ4v) is 3.90. The number of carbonyl (C=O) groups is 3. The monoisotopic (exact) mass is 444 g/mol. The number of aromatic nitrogens is 1. The highest BCUT2D eigenvalue weighted by Gasteiger charge is 2.26. The van der Waals surface area contributed by atoms with E-state index in [4.69, 9.17) is 20.8 Å². The number of nitrogens with zero attached hydrogens (tertiary/aromatic N) is 2. The van der Waals surface area contributed by atoms with E-state index in [2.05, 4.69) is 10.3 Å². The predicted octanol–water partition coefficient (Wildman–Crippen LogP) is 2.60. The Labute approximate surface area is 182 Å². The molecular formula is C21H21ClN4O5. The minimum atomic E-state index is -0.604. The van der Waals surface area contributed by atoms with Crippen LogP contribution in [0.4, 0.5) is 5.69 Å². The van der Waals surface area contributed by atoms with E-state index < -0.39 is 5.97 Å². The van der Waals surface area contributed by atoms with Crippen LogP contribution in [0.3, 0.4) is 0 Å². The van der Waals surface area contributed by atoms with Crippen LogP contribution < -0.4 is 5.32 Å². The van der Waals surface area contributed by atoms with Gasteiger partial charge in [-0.1, -0.05) is 17.7 Å². The van der Waals surface area contributed by atoms with Crippen molar-refractivity contribution < 1.29 is 23.5 Å². The van der Waals surface area contributed by atoms with Crippen molar-refractivity contribution in [1.82, 2.24) is 14.8 Å². The molecular weight excluding hydrogens is 424 g/mol. The highest BCUT2D eigenvalue weighted by atomic mass is 35.5. The molecule has 0 aliphatic carbocycles. The van der Waals surface area contributed by atoms with Gasteiger partial charge in [0.2, 0.25) is 5.91 Å². The Hall–Kier alpha value is -3.30. The van der Waals surface area contributed by atoms with Gasteiger partial charge < -0.3 is 24.4 Å². The number of piperazine rings is 1. The standard InChI is InChI=1S/C21H21ClN4O5/c1-30-21(29)19-18(17-13(22)4-2-5-14(17)23-19)24-16(27)12-25-7-9-26(10-8-25)20(28)15-6-3-11-31-15/h2-6,11,23H,7-10,12H2,1H3,(H,24,27). The molecule has 1 aliphatic rings. The third-order valence-corrected chi connectivity index (χ3v) is 5.50. The van der Waals surface area contributed by atoms with E-state index >= 15 is 0 Å². The number of halogens is 1. The van der Waals surface area contributed by atoms with Gasteiger partial charge in [-0.2, -0.15) is 0 Å². The van der Waals surface area contributed by atoms with Crippen LogP contribution in [-0.4, -0.2) is 72.4 Å². The van der Waals surface area contributed by atoms with Gasteiger partial charge in [0.25, 0.3) is 5.91 Å². The summed E-state index contributed by atoms with van der Waals surface area (Å²) in [5.74, 6) is -0.757. The third-order valence-electron chi connectivity index (χ3n) is 5.19. The third kappa shape index (κ3) is 4.28. The summed E-state index contributed by atoms with van der Waals surface area (Å²) < 4.78 is 9.99. The summed E-state index contributed by atoms with van der Waals surface area (Å²) >= 11 is 6.31. The van der Waals surface area contributed by atoms with Crippen molar-refractivity contribution in [2.45, 2.75) is 0 Å². The maximum absolute atomic E-state index is 12.7. The van der Waals surface area contributed by atoms with Crippen LogP contribution >= 0.6 is 11.6 Å². The number of hydrogen-bond donors (Lipinski definition) is 2. The molecule has 0 atom stereocenters. The maximum Gasteiger partial charge on any atom is 0.356 e. The molecule has 2 aromatic heterocycles. The lowest BCUT2D eigenvalue weighted by molar-refractivity contribution is -0.117. The van der Waals surface area contributed by atoms with Crippen LogP contribution in [0.2, 0.25) is 5.02 Å². The molecule has 0 unspecified atom stereocenters. The summed E-state index contributed by atoms with van der Waals surface area (Å²) in [6.45, 7) is 2.16. The number of rotatable bonds is 5. The lowest BCUT2D eigenvalue weighted by Crippen LogP contribution is -2.50. The molecule has 1 aromatic carbocycles. The molecule has 1 aliphatic heterocycles. The van der Waals surface area contributed by atoms with Crippen molar-refractivity contribution in [2.24, 2.45) is 0 Å². The predicted molar refractivity (Wildman–Crippen MR) is 114 cm³/mol. The van der Waals surface area contributed by atoms with Crippen LogP contribution in [0, 0.1) is 0 Å². The van der Waals surface area contributed by atoms with Gasteiger partial charge in [-0.25, -0.2) is 4.79 Å². The zero-order valence-electron chi connectivity index (χ0n) is 16.8. The summed E-state index contributed by atoms with van der Waals surface area (Å²) in [7, 11) is 1.27. The molecule has 2 amide bonds. The van der Waals surface area contributed by atoms with Gasteiger partial charge in [-0.15, -0.1) is 0 Å². The van der Waals surface area contributed by atoms with Gasteiger partial charge in [0, 0.05) is 37.1 Å². The van der Waals surface area contributed by atoms with E-state index in [1.54, 1.807) is 35.2 Å². The Kier molecular flexibility index (Phi) is 5.97. The lowest BCUT2D eigenvalue weighted by Gasteiger charge is -2.33. The number of furan rings is 1. The molecule has 1 saturated heterocycles. The smallest absolute Gasteiger partial charge is 0.356 e. The van der Waals surface area contributed by atoms with Crippen LogP contribution in [0.15, 0.2) is 41.0 Å². The van der Waals surface area contributed by atoms with E-state index in [-0.39, 0.29) is 24.1 Å². The van der Waals surface area contributed by atoms with Gasteiger partial charge in [0.15, 0.2) is 5.76 Å². The molecule has 0 radical (unpaired) electrons. The number of methoxy groups -OCH3 is 1. The number of amides is 2. The minimum Gasteiger partial charge on any atom is -0.464 e. The average Bonchev–Trinajstić information content (AvgIpc) is 3.42. The zero-order chi connectivity index (χ0) is 22.0. The SMILES string of the molecule is COC(=O)c1[nH]c2cccc(Cl)c2c1NC(=O)CN1CCN(C(=O)c2ccco2)CC1. The molecule has 3 heterocycles. The van der Waals surface area contributed by atoms with Crippen molar-refractivity contribution in [3.63, 3.8) is 0 Å². The quantitative estimate of drug-likeness (QED) is 0.586. The maximum atomic E-state index is 12.7. The van der Waals surface area contributed by atoms with Gasteiger partial charge in [0.1, 0.15) is 5.69 Å². The molecule has 3 aromatic rings. The van der Waals surface area contributed by atoms with Gasteiger partial charge in [-0.3, -0.25) is 14.5 Å². The first-order valence-corrected chi connectivity index (χ1v) is 10.1. The van der Waals surface area contributed by atoms with E-state index in [1.165, 1.54) is 13.4 Å². The molecule has 4 rings (SSSR count). The molecule has 9 nitrogen and oxygen atoms in total. The number of anilines is 1. The van der Waals surface area contributed by atoms with Crippen molar-refractivity contribution in [3.8, 4) is 0 Å². The first-order valence-electron chi connectivity index (χ1n) is 9.71. The Bertz CT molecular complexity index is 1120. The van der Waals surface area contributed by atoms with Gasteiger partial charge >= 0.3 is 5.97 Å². The Morgan fingerprint density at radius 1 is 1.16 bits per heavy atom. The number of esters is 1. The van der Waals surface area contributed by atoms with E-state index in [9.17, 15) is 14.4 Å². The number of nitrogens with one attached hydrogen (secondary N) is 2. The Balaban J connectivity index is 1.42. The highest BCUT2D eigenvalue weighted by Crippen LogP contribution is 2.34. The molecule has 0 saturated carbocycles. The summed E-state index contributed by atoms with van der Waals surface area (Å²) in [5, 5.41) is 3.76. The topological polar surface area (TPSA) is 108 Å². The van der Waals surface area contributed by atoms with Crippen LogP contribution in [0.1, 0.15) is 21.0 Å². The van der Waals surface area contributed by atoms with E-state index in [0.717, 1.165) is 0 Å². The van der Waals surface area contributed by atoms with Gasteiger partial charge in [-0.05, 0) is 24.3 Å². The molecule has 162 valence electrons. The number of fused-ring (bicyclic) bond motifs is 1. The van der Waals surface area contributed by atoms with Gasteiger partial charge in [0.05, 0.1) is 30.6 Å². The second kappa shape index (κ2) is 8.83. The molecule has 0 spiro atoms. The lowest BCUT2D eigenvalue weighted by atomic mass is 10.2. The summed E-state index contributed by atoms with van der Waals surface area (Å²) in [6.07, 6.45) is 1.47. The Morgan fingerprint density at radius 3 is 2.61 bits per heavy atom. The molecule has 2 N–H and O–H groups in total. The van der Waals surface area contributed by atoms with Crippen molar-refractivity contribution >= 4 is 46.0 Å². The second-order valence-corrected chi connectivity index (χ2v) is 7.53. The zero-order valence-corrected chi connectivity index (χ0v) is 17.6. The molecule has 31 heavy (non-hydrogen) atoms. The number of carbonyl (C=O) groups excluding carboxylic acids is 3. The molecule has 10 heteroatoms. The van der Waals surface area contributed by atoms with Crippen molar-refractivity contribution in [1.29, 1.82) is 0 Å².